The molecule has 0 aromatic carbocycles. The predicted molar refractivity (Wildman–Crippen MR) is 60.0 cm³/mol. The molecule has 2 rings (SSSR count). The lowest BCUT2D eigenvalue weighted by molar-refractivity contribution is 0.0690. The van der Waals surface area contributed by atoms with E-state index in [0.29, 0.717) is 8.79 Å². The largest absolute Gasteiger partial charge is 0.476 e. The first-order valence-electron chi connectivity index (χ1n) is 3.98. The highest BCUT2D eigenvalue weighted by molar-refractivity contribution is 9.11. The third-order valence-electron chi connectivity index (χ3n) is 1.72. The Morgan fingerprint density at radius 1 is 1.40 bits per heavy atom. The second-order valence-electron chi connectivity index (χ2n) is 2.68. The molecule has 6 heteroatoms. The van der Waals surface area contributed by atoms with Crippen molar-refractivity contribution in [2.45, 2.75) is 0 Å². The zero-order chi connectivity index (χ0) is 10.8. The molecule has 2 aromatic heterocycles. The first kappa shape index (κ1) is 10.3. The number of thiazole rings is 1. The maximum Gasteiger partial charge on any atom is 0.356 e. The molecule has 0 saturated heterocycles. The van der Waals surface area contributed by atoms with Crippen LogP contribution in [-0.2, 0) is 0 Å². The number of carbonyl (C=O) groups is 1. The van der Waals surface area contributed by atoms with Crippen LogP contribution in [0.1, 0.15) is 10.5 Å². The predicted octanol–water partition coefficient (Wildman–Crippen LogP) is 2.67. The van der Waals surface area contributed by atoms with Crippen LogP contribution in [0.2, 0.25) is 0 Å². The maximum atomic E-state index is 10.8. The Hall–Kier alpha value is -1.27. The van der Waals surface area contributed by atoms with E-state index >= 15 is 0 Å². The topological polar surface area (TPSA) is 63.1 Å². The van der Waals surface area contributed by atoms with Gasteiger partial charge >= 0.3 is 5.97 Å². The number of pyridine rings is 1. The van der Waals surface area contributed by atoms with E-state index in [2.05, 4.69) is 25.9 Å². The van der Waals surface area contributed by atoms with Crippen LogP contribution in [0.25, 0.3) is 10.6 Å². The lowest BCUT2D eigenvalue weighted by Gasteiger charge is -1.92. The minimum Gasteiger partial charge on any atom is -0.476 e. The molecule has 0 fully saturated rings. The van der Waals surface area contributed by atoms with Gasteiger partial charge in [-0.1, -0.05) is 0 Å². The zero-order valence-corrected chi connectivity index (χ0v) is 9.75. The Balaban J connectivity index is 2.48. The average Bonchev–Trinajstić information content (AvgIpc) is 2.62. The first-order chi connectivity index (χ1) is 7.18. The maximum absolute atomic E-state index is 10.8. The SMILES string of the molecule is O=C(O)c1nc(-c2ccncc2)sc1Br. The van der Waals surface area contributed by atoms with Gasteiger partial charge < -0.3 is 5.11 Å². The monoisotopic (exact) mass is 284 g/mol. The molecular weight excluding hydrogens is 280 g/mol. The van der Waals surface area contributed by atoms with E-state index in [-0.39, 0.29) is 5.69 Å². The van der Waals surface area contributed by atoms with Crippen LogP contribution in [0.15, 0.2) is 28.3 Å². The molecule has 4 nitrogen and oxygen atoms in total. The first-order valence-corrected chi connectivity index (χ1v) is 5.59. The second kappa shape index (κ2) is 4.08. The Labute approximate surface area is 97.8 Å². The van der Waals surface area contributed by atoms with Crippen molar-refractivity contribution >= 4 is 33.2 Å². The summed E-state index contributed by atoms with van der Waals surface area (Å²) >= 11 is 4.47. The Morgan fingerprint density at radius 2 is 2.07 bits per heavy atom. The van der Waals surface area contributed by atoms with Crippen molar-refractivity contribution in [2.24, 2.45) is 0 Å². The van der Waals surface area contributed by atoms with E-state index in [9.17, 15) is 4.79 Å². The van der Waals surface area contributed by atoms with Gasteiger partial charge in [0.2, 0.25) is 0 Å². The molecule has 0 amide bonds. The molecule has 1 N–H and O–H groups in total. The van der Waals surface area contributed by atoms with Gasteiger partial charge in [0.15, 0.2) is 5.69 Å². The molecule has 0 saturated carbocycles. The molecule has 0 aliphatic heterocycles. The van der Waals surface area contributed by atoms with E-state index in [0.717, 1.165) is 5.56 Å². The minimum absolute atomic E-state index is 0.0480. The molecule has 0 bridgehead atoms. The summed E-state index contributed by atoms with van der Waals surface area (Å²) in [4.78, 5) is 18.7. The molecule has 0 atom stereocenters. The number of hydrogen-bond acceptors (Lipinski definition) is 4. The number of carboxylic acids is 1. The highest BCUT2D eigenvalue weighted by atomic mass is 79.9. The number of rotatable bonds is 2. The van der Waals surface area contributed by atoms with Gasteiger partial charge in [0, 0.05) is 18.0 Å². The van der Waals surface area contributed by atoms with Crippen LogP contribution >= 0.6 is 27.3 Å². The number of halogens is 1. The summed E-state index contributed by atoms with van der Waals surface area (Å²) in [6.45, 7) is 0. The molecule has 0 unspecified atom stereocenters. The lowest BCUT2D eigenvalue weighted by atomic mass is 10.3. The number of nitrogens with zero attached hydrogens (tertiary/aromatic N) is 2. The van der Waals surface area contributed by atoms with Gasteiger partial charge in [0.1, 0.15) is 8.79 Å². The van der Waals surface area contributed by atoms with Gasteiger partial charge in [-0.05, 0) is 28.1 Å². The highest BCUT2D eigenvalue weighted by Gasteiger charge is 2.15. The summed E-state index contributed by atoms with van der Waals surface area (Å²) in [5, 5.41) is 9.50. The number of carboxylic acid groups (broad SMARTS) is 1. The molecule has 2 aromatic rings. The molecule has 0 aliphatic carbocycles. The van der Waals surface area contributed by atoms with Gasteiger partial charge in [-0.15, -0.1) is 11.3 Å². The third kappa shape index (κ3) is 2.05. The van der Waals surface area contributed by atoms with Crippen molar-refractivity contribution in [3.05, 3.63) is 34.0 Å². The van der Waals surface area contributed by atoms with Crippen LogP contribution in [0.3, 0.4) is 0 Å². The van der Waals surface area contributed by atoms with Gasteiger partial charge in [-0.2, -0.15) is 0 Å². The normalized spacial score (nSPS) is 10.2. The Kier molecular flexibility index (Phi) is 2.79. The molecule has 0 radical (unpaired) electrons. The smallest absolute Gasteiger partial charge is 0.356 e. The van der Waals surface area contributed by atoms with Crippen molar-refractivity contribution in [3.8, 4) is 10.6 Å². The van der Waals surface area contributed by atoms with Crippen molar-refractivity contribution in [2.75, 3.05) is 0 Å². The molecule has 2 heterocycles. The van der Waals surface area contributed by atoms with Crippen molar-refractivity contribution < 1.29 is 9.90 Å². The quantitative estimate of drug-likeness (QED) is 0.921. The number of aromatic carboxylic acids is 1. The molecule has 76 valence electrons. The van der Waals surface area contributed by atoms with Crippen molar-refractivity contribution in [1.29, 1.82) is 0 Å². The Morgan fingerprint density at radius 3 is 2.60 bits per heavy atom. The fraction of sp³-hybridized carbons (Fsp3) is 0. The van der Waals surface area contributed by atoms with Crippen LogP contribution in [0.5, 0.6) is 0 Å². The van der Waals surface area contributed by atoms with Crippen LogP contribution in [0.4, 0.5) is 0 Å². The van der Waals surface area contributed by atoms with Crippen molar-refractivity contribution in [1.82, 2.24) is 9.97 Å². The molecule has 0 spiro atoms. The van der Waals surface area contributed by atoms with Crippen LogP contribution < -0.4 is 0 Å². The van der Waals surface area contributed by atoms with Crippen molar-refractivity contribution in [3.63, 3.8) is 0 Å². The van der Waals surface area contributed by atoms with Gasteiger partial charge in [-0.3, -0.25) is 4.98 Å². The zero-order valence-electron chi connectivity index (χ0n) is 7.35. The molecule has 0 aliphatic rings. The summed E-state index contributed by atoms with van der Waals surface area (Å²) in [7, 11) is 0. The number of aromatic nitrogens is 2. The molecular formula is C9H5BrN2O2S. The highest BCUT2D eigenvalue weighted by Crippen LogP contribution is 2.31. The summed E-state index contributed by atoms with van der Waals surface area (Å²) in [5.74, 6) is -1.03. The lowest BCUT2D eigenvalue weighted by Crippen LogP contribution is -1.96. The molecule has 15 heavy (non-hydrogen) atoms. The fourth-order valence-corrected chi connectivity index (χ4v) is 2.56. The standard InChI is InChI=1S/C9H5BrN2O2S/c10-7-6(9(13)14)12-8(15-7)5-1-3-11-4-2-5/h1-4H,(H,13,14). The summed E-state index contributed by atoms with van der Waals surface area (Å²) in [6.07, 6.45) is 3.29. The average molecular weight is 285 g/mol. The van der Waals surface area contributed by atoms with Crippen LogP contribution in [-0.4, -0.2) is 21.0 Å². The minimum atomic E-state index is -1.03. The van der Waals surface area contributed by atoms with Crippen LogP contribution in [0, 0.1) is 0 Å². The second-order valence-corrected chi connectivity index (χ2v) is 5.00. The number of hydrogen-bond donors (Lipinski definition) is 1. The van der Waals surface area contributed by atoms with E-state index < -0.39 is 5.97 Å². The summed E-state index contributed by atoms with van der Waals surface area (Å²) < 4.78 is 0.529. The van der Waals surface area contributed by atoms with E-state index in [1.807, 2.05) is 0 Å². The van der Waals surface area contributed by atoms with E-state index in [1.54, 1.807) is 24.5 Å². The van der Waals surface area contributed by atoms with E-state index in [4.69, 9.17) is 5.11 Å². The van der Waals surface area contributed by atoms with E-state index in [1.165, 1.54) is 11.3 Å². The summed E-state index contributed by atoms with van der Waals surface area (Å²) in [5.41, 5.74) is 0.912. The van der Waals surface area contributed by atoms with Gasteiger partial charge in [0.05, 0.1) is 0 Å². The summed E-state index contributed by atoms with van der Waals surface area (Å²) in [6, 6.07) is 3.58. The van der Waals surface area contributed by atoms with Gasteiger partial charge in [-0.25, -0.2) is 9.78 Å². The fourth-order valence-electron chi connectivity index (χ4n) is 1.05. The Bertz CT molecular complexity index is 498. The van der Waals surface area contributed by atoms with Gasteiger partial charge in [0.25, 0.3) is 0 Å². The third-order valence-corrected chi connectivity index (χ3v) is 3.47.